The van der Waals surface area contributed by atoms with E-state index in [9.17, 15) is 5.11 Å². The molecule has 0 aromatic rings. The molecule has 0 aromatic heterocycles. The van der Waals surface area contributed by atoms with Crippen LogP contribution < -0.4 is 5.32 Å². The number of nitrogens with zero attached hydrogens (tertiary/aromatic N) is 1. The van der Waals surface area contributed by atoms with E-state index in [-0.39, 0.29) is 12.1 Å². The van der Waals surface area contributed by atoms with Gasteiger partial charge in [0.15, 0.2) is 0 Å². The van der Waals surface area contributed by atoms with E-state index < -0.39 is 0 Å². The van der Waals surface area contributed by atoms with E-state index in [1.807, 2.05) is 0 Å². The van der Waals surface area contributed by atoms with Crippen LogP contribution in [0.3, 0.4) is 0 Å². The largest absolute Gasteiger partial charge is 0.396 e. The van der Waals surface area contributed by atoms with Gasteiger partial charge in [-0.1, -0.05) is 13.8 Å². The predicted molar refractivity (Wildman–Crippen MR) is 68.6 cm³/mol. The monoisotopic (exact) mass is 228 g/mol. The molecule has 0 amide bonds. The van der Waals surface area contributed by atoms with Crippen LogP contribution in [0.1, 0.15) is 40.5 Å². The highest BCUT2D eigenvalue weighted by atomic mass is 16.3. The van der Waals surface area contributed by atoms with Crippen LogP contribution in [0.15, 0.2) is 0 Å². The Kier molecular flexibility index (Phi) is 5.22. The molecule has 1 fully saturated rings. The number of rotatable bonds is 4. The summed E-state index contributed by atoms with van der Waals surface area (Å²) in [6.45, 7) is 12.7. The van der Waals surface area contributed by atoms with Gasteiger partial charge < -0.3 is 10.4 Å². The molecule has 0 spiro atoms. The summed E-state index contributed by atoms with van der Waals surface area (Å²) in [7, 11) is 0. The van der Waals surface area contributed by atoms with Gasteiger partial charge in [0.2, 0.25) is 0 Å². The minimum absolute atomic E-state index is 0.244. The fourth-order valence-corrected chi connectivity index (χ4v) is 2.61. The molecular weight excluding hydrogens is 200 g/mol. The number of hydrogen-bond acceptors (Lipinski definition) is 3. The molecule has 3 heteroatoms. The summed E-state index contributed by atoms with van der Waals surface area (Å²) < 4.78 is 0. The fraction of sp³-hybridized carbons (Fsp3) is 1.00. The molecule has 0 bridgehead atoms. The third-order valence-corrected chi connectivity index (χ3v) is 3.54. The average molecular weight is 228 g/mol. The van der Waals surface area contributed by atoms with Crippen molar-refractivity contribution in [2.45, 2.75) is 52.1 Å². The van der Waals surface area contributed by atoms with E-state index in [4.69, 9.17) is 0 Å². The van der Waals surface area contributed by atoms with Crippen molar-refractivity contribution >= 4 is 0 Å². The molecule has 1 heterocycles. The third kappa shape index (κ3) is 3.72. The quantitative estimate of drug-likeness (QED) is 0.765. The van der Waals surface area contributed by atoms with Gasteiger partial charge in [-0.15, -0.1) is 0 Å². The van der Waals surface area contributed by atoms with Crippen molar-refractivity contribution in [3.8, 4) is 0 Å². The van der Waals surface area contributed by atoms with Crippen LogP contribution in [0, 0.1) is 5.92 Å². The normalized spacial score (nSPS) is 27.0. The van der Waals surface area contributed by atoms with Crippen molar-refractivity contribution in [2.24, 2.45) is 5.92 Å². The Labute approximate surface area is 100 Å². The van der Waals surface area contributed by atoms with Crippen LogP contribution >= 0.6 is 0 Å². The minimum Gasteiger partial charge on any atom is -0.396 e. The van der Waals surface area contributed by atoms with Crippen molar-refractivity contribution in [2.75, 3.05) is 26.2 Å². The molecule has 0 saturated carbocycles. The molecule has 96 valence electrons. The third-order valence-electron chi connectivity index (χ3n) is 3.54. The lowest BCUT2D eigenvalue weighted by Gasteiger charge is -2.43. The van der Waals surface area contributed by atoms with Gasteiger partial charge in [-0.3, -0.25) is 4.90 Å². The van der Waals surface area contributed by atoms with E-state index in [0.29, 0.717) is 12.0 Å². The van der Waals surface area contributed by atoms with Crippen LogP contribution in [0.5, 0.6) is 0 Å². The minimum atomic E-state index is 0.244. The maximum absolute atomic E-state index is 9.18. The second kappa shape index (κ2) is 5.99. The van der Waals surface area contributed by atoms with E-state index in [1.54, 1.807) is 0 Å². The first kappa shape index (κ1) is 13.9. The second-order valence-corrected chi connectivity index (χ2v) is 5.98. The number of nitrogens with one attached hydrogen (secondary N) is 1. The Morgan fingerprint density at radius 2 is 2.12 bits per heavy atom. The van der Waals surface area contributed by atoms with Gasteiger partial charge in [-0.2, -0.15) is 0 Å². The lowest BCUT2D eigenvalue weighted by Crippen LogP contribution is -2.52. The summed E-state index contributed by atoms with van der Waals surface area (Å²) in [5.41, 5.74) is 0.244. The molecule has 0 radical (unpaired) electrons. The fourth-order valence-electron chi connectivity index (χ4n) is 2.61. The Hall–Kier alpha value is -0.120. The SMILES string of the molecule is CC(C)CN1C(CCO)CNCCC1(C)C. The van der Waals surface area contributed by atoms with Gasteiger partial charge in [0.1, 0.15) is 0 Å². The van der Waals surface area contributed by atoms with Crippen molar-refractivity contribution in [3.63, 3.8) is 0 Å². The zero-order valence-electron chi connectivity index (χ0n) is 11.3. The predicted octanol–water partition coefficient (Wildman–Crippen LogP) is 1.47. The highest BCUT2D eigenvalue weighted by Crippen LogP contribution is 2.25. The smallest absolute Gasteiger partial charge is 0.0446 e. The molecular formula is C13H28N2O. The van der Waals surface area contributed by atoms with Crippen LogP contribution in [0.25, 0.3) is 0 Å². The lowest BCUT2D eigenvalue weighted by molar-refractivity contribution is 0.0520. The summed E-state index contributed by atoms with van der Waals surface area (Å²) in [6.07, 6.45) is 2.06. The van der Waals surface area contributed by atoms with E-state index in [0.717, 1.165) is 26.1 Å². The zero-order chi connectivity index (χ0) is 12.2. The van der Waals surface area contributed by atoms with E-state index in [2.05, 4.69) is 37.9 Å². The van der Waals surface area contributed by atoms with Gasteiger partial charge in [-0.25, -0.2) is 0 Å². The average Bonchev–Trinajstić information content (AvgIpc) is 2.30. The van der Waals surface area contributed by atoms with Crippen LogP contribution in [-0.4, -0.2) is 47.8 Å². The molecule has 1 aliphatic rings. The summed E-state index contributed by atoms with van der Waals surface area (Å²) in [5, 5.41) is 12.7. The first-order chi connectivity index (χ1) is 7.47. The van der Waals surface area contributed by atoms with Crippen molar-refractivity contribution < 1.29 is 5.11 Å². The summed E-state index contributed by atoms with van der Waals surface area (Å²) >= 11 is 0. The first-order valence-electron chi connectivity index (χ1n) is 6.55. The molecule has 0 aliphatic carbocycles. The van der Waals surface area contributed by atoms with Crippen molar-refractivity contribution in [3.05, 3.63) is 0 Å². The van der Waals surface area contributed by atoms with Crippen molar-refractivity contribution in [1.29, 1.82) is 0 Å². The topological polar surface area (TPSA) is 35.5 Å². The summed E-state index contributed by atoms with van der Waals surface area (Å²) in [6, 6.07) is 0.477. The van der Waals surface area contributed by atoms with Gasteiger partial charge in [-0.05, 0) is 39.2 Å². The number of aliphatic hydroxyl groups is 1. The lowest BCUT2D eigenvalue weighted by atomic mass is 9.94. The molecule has 1 atom stereocenters. The van der Waals surface area contributed by atoms with Gasteiger partial charge in [0.05, 0.1) is 0 Å². The zero-order valence-corrected chi connectivity index (χ0v) is 11.3. The highest BCUT2D eigenvalue weighted by molar-refractivity contribution is 4.91. The molecule has 2 N–H and O–H groups in total. The van der Waals surface area contributed by atoms with Gasteiger partial charge in [0, 0.05) is 31.3 Å². The molecule has 16 heavy (non-hydrogen) atoms. The van der Waals surface area contributed by atoms with Crippen LogP contribution in [0.2, 0.25) is 0 Å². The molecule has 1 unspecified atom stereocenters. The second-order valence-electron chi connectivity index (χ2n) is 5.98. The standard InChI is InChI=1S/C13H28N2O/c1-11(2)10-15-12(5-8-16)9-14-7-6-13(15,3)4/h11-12,14,16H,5-10H2,1-4H3. The summed E-state index contributed by atoms with van der Waals surface area (Å²) in [5.74, 6) is 0.679. The number of aliphatic hydroxyl groups excluding tert-OH is 1. The van der Waals surface area contributed by atoms with Crippen LogP contribution in [-0.2, 0) is 0 Å². The molecule has 1 saturated heterocycles. The van der Waals surface area contributed by atoms with Crippen LogP contribution in [0.4, 0.5) is 0 Å². The van der Waals surface area contributed by atoms with Crippen molar-refractivity contribution in [1.82, 2.24) is 10.2 Å². The van der Waals surface area contributed by atoms with Gasteiger partial charge >= 0.3 is 0 Å². The van der Waals surface area contributed by atoms with Gasteiger partial charge in [0.25, 0.3) is 0 Å². The maximum atomic E-state index is 9.18. The molecule has 3 nitrogen and oxygen atoms in total. The molecule has 0 aromatic carbocycles. The van der Waals surface area contributed by atoms with E-state index in [1.165, 1.54) is 6.42 Å². The first-order valence-corrected chi connectivity index (χ1v) is 6.55. The summed E-state index contributed by atoms with van der Waals surface area (Å²) in [4.78, 5) is 2.59. The molecule has 1 aliphatic heterocycles. The maximum Gasteiger partial charge on any atom is 0.0446 e. The Balaban J connectivity index is 2.77. The Bertz CT molecular complexity index is 204. The highest BCUT2D eigenvalue weighted by Gasteiger charge is 2.34. The van der Waals surface area contributed by atoms with E-state index >= 15 is 0 Å². The Morgan fingerprint density at radius 1 is 1.44 bits per heavy atom. The number of hydrogen-bond donors (Lipinski definition) is 2. The Morgan fingerprint density at radius 3 is 2.69 bits per heavy atom. The molecule has 1 rings (SSSR count).